The van der Waals surface area contributed by atoms with Gasteiger partial charge in [0.25, 0.3) is 0 Å². The molecule has 0 aliphatic carbocycles. The lowest BCUT2D eigenvalue weighted by Crippen LogP contribution is -2.02. The second-order valence-corrected chi connectivity index (χ2v) is 1.63. The molecule has 1 nitrogen and oxygen atoms in total. The Kier molecular flexibility index (Phi) is 3.68. The monoisotopic (exact) mass is 102 g/mol. The molecule has 0 saturated carbocycles. The van der Waals surface area contributed by atoms with Crippen molar-refractivity contribution in [3.05, 3.63) is 11.8 Å². The van der Waals surface area contributed by atoms with E-state index in [4.69, 9.17) is 0 Å². The summed E-state index contributed by atoms with van der Waals surface area (Å²) in [7, 11) is 1.79. The van der Waals surface area contributed by atoms with Gasteiger partial charge in [-0.3, -0.25) is 0 Å². The van der Waals surface area contributed by atoms with Crippen LogP contribution in [0.2, 0.25) is 0 Å². The minimum atomic E-state index is 0.873. The molecule has 2 heteroatoms. The average Bonchev–Trinajstić information content (AvgIpc) is 1.35. The van der Waals surface area contributed by atoms with Gasteiger partial charge in [0.05, 0.1) is 0 Å². The van der Waals surface area contributed by atoms with Crippen LogP contribution in [0.4, 0.5) is 0 Å². The largest absolute Gasteiger partial charge is 0.365 e. The first-order chi connectivity index (χ1) is 2.77. The molecule has 6 heavy (non-hydrogen) atoms. The highest BCUT2D eigenvalue weighted by Crippen LogP contribution is 2.02. The highest BCUT2D eigenvalue weighted by molar-refractivity contribution is 7.83. The van der Waals surface area contributed by atoms with Crippen molar-refractivity contribution < 1.29 is 0 Å². The number of rotatable bonds is 2. The fourth-order valence-corrected chi connectivity index (χ4v) is 0.293. The Morgan fingerprint density at radius 3 is 2.33 bits per heavy atom. The Balaban J connectivity index is 2.63. The molecule has 0 fully saturated rings. The first-order valence-electron chi connectivity index (χ1n) is 1.72. The topological polar surface area (TPSA) is 12.0 Å². The van der Waals surface area contributed by atoms with E-state index < -0.39 is 0 Å². The predicted molar refractivity (Wildman–Crippen MR) is 30.2 cm³/mol. The Morgan fingerprint density at radius 1 is 1.83 bits per heavy atom. The summed E-state index contributed by atoms with van der Waals surface area (Å²) < 4.78 is 0. The van der Waals surface area contributed by atoms with Crippen molar-refractivity contribution in [3.8, 4) is 0 Å². The van der Waals surface area contributed by atoms with Crippen LogP contribution in [-0.4, -0.2) is 7.05 Å². The van der Waals surface area contributed by atoms with Crippen molar-refractivity contribution in [2.45, 2.75) is 6.92 Å². The van der Waals surface area contributed by atoms with E-state index in [0.29, 0.717) is 0 Å². The van der Waals surface area contributed by atoms with Crippen molar-refractivity contribution in [1.29, 1.82) is 0 Å². The van der Waals surface area contributed by atoms with Gasteiger partial charge in [0, 0.05) is 0 Å². The third kappa shape index (κ3) is 4.31. The average molecular weight is 102 g/mol. The molecule has 0 aliphatic rings. The lowest BCUT2D eigenvalue weighted by Gasteiger charge is -2.13. The molecule has 0 heterocycles. The second-order valence-electron chi connectivity index (χ2n) is 0.960. The van der Waals surface area contributed by atoms with Gasteiger partial charge in [-0.25, -0.2) is 5.25 Å². The third-order valence-corrected chi connectivity index (χ3v) is 0.418. The van der Waals surface area contributed by atoms with Gasteiger partial charge < -0.3 is 17.9 Å². The second kappa shape index (κ2) is 3.50. The normalized spacial score (nSPS) is 10.0. The minimum absolute atomic E-state index is 0.873. The molecule has 0 bridgehead atoms. The zero-order chi connectivity index (χ0) is 4.99. The summed E-state index contributed by atoms with van der Waals surface area (Å²) in [5, 5.41) is 3.58. The van der Waals surface area contributed by atoms with E-state index in [2.05, 4.69) is 24.5 Å². The first kappa shape index (κ1) is 6.31. The fraction of sp³-hybridized carbons (Fsp3) is 0.500. The molecule has 0 atom stereocenters. The summed E-state index contributed by atoms with van der Waals surface area (Å²) in [4.78, 5) is 0. The molecule has 0 aromatic carbocycles. The van der Waals surface area contributed by atoms with E-state index in [1.807, 2.05) is 6.92 Å². The van der Waals surface area contributed by atoms with Gasteiger partial charge in [0.1, 0.15) is 0 Å². The first-order valence-corrected chi connectivity index (χ1v) is 2.17. The van der Waals surface area contributed by atoms with E-state index in [1.165, 1.54) is 0 Å². The quantitative estimate of drug-likeness (QED) is 0.297. The van der Waals surface area contributed by atoms with Crippen LogP contribution < -0.4 is 5.32 Å². The smallest absolute Gasteiger partial charge is 0.0187 e. The molecule has 0 rings (SSSR count). The molecule has 0 amide bonds. The highest BCUT2D eigenvalue weighted by Gasteiger charge is 1.69. The van der Waals surface area contributed by atoms with Crippen molar-refractivity contribution in [2.75, 3.05) is 7.05 Å². The van der Waals surface area contributed by atoms with E-state index >= 15 is 0 Å². The number of hydrogen-bond donors (Lipinski definition) is 2. The molecule has 0 aliphatic heterocycles. The summed E-state index contributed by atoms with van der Waals surface area (Å²) in [6.07, 6.45) is 0. The van der Waals surface area contributed by atoms with Crippen molar-refractivity contribution >= 4 is 12.6 Å². The van der Waals surface area contributed by atoms with Crippen LogP contribution in [0, 0.1) is 11.8 Å². The third-order valence-electron chi connectivity index (χ3n) is 0.306. The van der Waals surface area contributed by atoms with Crippen LogP contribution >= 0.6 is 12.6 Å². The summed E-state index contributed by atoms with van der Waals surface area (Å²) in [6, 6.07) is 0. The van der Waals surface area contributed by atoms with Gasteiger partial charge in [0.2, 0.25) is 0 Å². The molecular formula is C4H8NS-. The Bertz CT molecular complexity index is 28.7. The minimum Gasteiger partial charge on any atom is -0.365 e. The molecule has 1 N–H and O–H groups in total. The van der Waals surface area contributed by atoms with Gasteiger partial charge in [-0.1, -0.05) is 0 Å². The molecule has 2 radical (unpaired) electrons. The van der Waals surface area contributed by atoms with E-state index in [1.54, 1.807) is 7.05 Å². The van der Waals surface area contributed by atoms with E-state index in [0.717, 1.165) is 5.25 Å². The standard InChI is InChI=1S/C4H8NS/c1-4(6)3-5-2/h5-6H,1-2H3/q-1. The molecule has 0 aromatic rings. The van der Waals surface area contributed by atoms with Crippen molar-refractivity contribution in [1.82, 2.24) is 5.32 Å². The van der Waals surface area contributed by atoms with E-state index in [-0.39, 0.29) is 0 Å². The fourth-order valence-electron chi connectivity index (χ4n) is 0.181. The number of nitrogens with one attached hydrogen (secondary N) is 1. The van der Waals surface area contributed by atoms with Crippen LogP contribution in [0.1, 0.15) is 6.92 Å². The van der Waals surface area contributed by atoms with E-state index in [9.17, 15) is 0 Å². The lowest BCUT2D eigenvalue weighted by atomic mass is 10.5. The van der Waals surface area contributed by atoms with Crippen LogP contribution in [0.5, 0.6) is 0 Å². The molecular weight excluding hydrogens is 94.1 g/mol. The van der Waals surface area contributed by atoms with Gasteiger partial charge in [-0.15, -0.1) is 6.54 Å². The number of thiol groups is 1. The maximum atomic E-state index is 3.92. The van der Waals surface area contributed by atoms with Crippen LogP contribution in [-0.2, 0) is 0 Å². The van der Waals surface area contributed by atoms with Crippen LogP contribution in [0.15, 0.2) is 0 Å². The Morgan fingerprint density at radius 2 is 2.33 bits per heavy atom. The van der Waals surface area contributed by atoms with Crippen LogP contribution in [0.25, 0.3) is 0 Å². The lowest BCUT2D eigenvalue weighted by molar-refractivity contribution is 0.978. The molecule has 0 aromatic heterocycles. The molecule has 0 spiro atoms. The van der Waals surface area contributed by atoms with Crippen molar-refractivity contribution in [2.24, 2.45) is 0 Å². The summed E-state index contributed by atoms with van der Waals surface area (Å²) in [6.45, 7) is 4.60. The van der Waals surface area contributed by atoms with Crippen molar-refractivity contribution in [3.63, 3.8) is 0 Å². The van der Waals surface area contributed by atoms with Gasteiger partial charge in [0.15, 0.2) is 0 Å². The summed E-state index contributed by atoms with van der Waals surface area (Å²) >= 11 is 3.92. The number of hydrogen-bond acceptors (Lipinski definition) is 2. The Labute approximate surface area is 44.5 Å². The summed E-state index contributed by atoms with van der Waals surface area (Å²) in [5.41, 5.74) is 0. The SMILES string of the molecule is CN[C][C-](C)S. The molecule has 0 saturated heterocycles. The Hall–Kier alpha value is 0.310. The molecule has 36 valence electrons. The zero-order valence-corrected chi connectivity index (χ0v) is 4.84. The van der Waals surface area contributed by atoms with Gasteiger partial charge in [-0.2, -0.15) is 6.92 Å². The molecule has 0 unspecified atom stereocenters. The maximum Gasteiger partial charge on any atom is -0.0187 e. The van der Waals surface area contributed by atoms with Crippen LogP contribution in [0.3, 0.4) is 0 Å². The zero-order valence-electron chi connectivity index (χ0n) is 3.95. The summed E-state index contributed by atoms with van der Waals surface area (Å²) in [5.74, 6) is 0. The predicted octanol–water partition coefficient (Wildman–Crippen LogP) is 0.726. The highest BCUT2D eigenvalue weighted by atomic mass is 32.1. The van der Waals surface area contributed by atoms with Gasteiger partial charge in [-0.05, 0) is 7.05 Å². The van der Waals surface area contributed by atoms with Gasteiger partial charge >= 0.3 is 0 Å². The maximum absolute atomic E-state index is 3.92.